The maximum atomic E-state index is 5.27. The third kappa shape index (κ3) is 2.47. The van der Waals surface area contributed by atoms with Gasteiger partial charge in [0.05, 0.1) is 26.8 Å². The van der Waals surface area contributed by atoms with Gasteiger partial charge in [-0.15, -0.1) is 0 Å². The Morgan fingerprint density at radius 1 is 0.857 bits per heavy atom. The number of nitrogens with zero attached hydrogens (tertiary/aromatic N) is 2. The third-order valence-electron chi connectivity index (χ3n) is 3.15. The van der Waals surface area contributed by atoms with Gasteiger partial charge in [0.25, 0.3) is 0 Å². The van der Waals surface area contributed by atoms with Gasteiger partial charge in [-0.25, -0.2) is 4.98 Å². The predicted molar refractivity (Wildman–Crippen MR) is 79.0 cm³/mol. The first-order valence-corrected chi connectivity index (χ1v) is 6.37. The summed E-state index contributed by atoms with van der Waals surface area (Å²) in [5.41, 5.74) is 2.31. The summed E-state index contributed by atoms with van der Waals surface area (Å²) < 4.78 is 15.6. The molecule has 3 rings (SSSR count). The van der Waals surface area contributed by atoms with Crippen LogP contribution in [-0.4, -0.2) is 36.3 Å². The lowest BCUT2D eigenvalue weighted by Gasteiger charge is -2.06. The van der Waals surface area contributed by atoms with Gasteiger partial charge in [-0.05, 0) is 18.2 Å². The van der Waals surface area contributed by atoms with Gasteiger partial charge in [-0.3, -0.25) is 0 Å². The number of aromatic nitrogens is 3. The standard InChI is InChI=1S/C15H15N3O3/c1-19-10-6-9(7-11(8-10)20-2)14-16-12-4-5-13(21-3)17-15(12)18-14/h4-8H,1-3H3,(H,16,17,18). The molecule has 0 aliphatic heterocycles. The van der Waals surface area contributed by atoms with Crippen LogP contribution in [-0.2, 0) is 0 Å². The quantitative estimate of drug-likeness (QED) is 0.798. The van der Waals surface area contributed by atoms with Crippen LogP contribution in [0.3, 0.4) is 0 Å². The third-order valence-corrected chi connectivity index (χ3v) is 3.15. The Hall–Kier alpha value is -2.76. The van der Waals surface area contributed by atoms with E-state index in [0.29, 0.717) is 28.9 Å². The number of rotatable bonds is 4. The minimum Gasteiger partial charge on any atom is -0.497 e. The lowest BCUT2D eigenvalue weighted by atomic mass is 10.2. The number of benzene rings is 1. The Balaban J connectivity index is 2.11. The topological polar surface area (TPSA) is 69.3 Å². The fourth-order valence-corrected chi connectivity index (χ4v) is 2.07. The molecular weight excluding hydrogens is 270 g/mol. The maximum absolute atomic E-state index is 5.27. The van der Waals surface area contributed by atoms with Crippen LogP contribution in [0.15, 0.2) is 30.3 Å². The first kappa shape index (κ1) is 13.2. The van der Waals surface area contributed by atoms with Gasteiger partial charge < -0.3 is 19.2 Å². The molecule has 0 atom stereocenters. The number of H-pyrrole nitrogens is 1. The van der Waals surface area contributed by atoms with Crippen LogP contribution < -0.4 is 14.2 Å². The predicted octanol–water partition coefficient (Wildman–Crippen LogP) is 2.65. The molecule has 0 amide bonds. The largest absolute Gasteiger partial charge is 0.497 e. The Morgan fingerprint density at radius 3 is 2.19 bits per heavy atom. The maximum Gasteiger partial charge on any atom is 0.215 e. The highest BCUT2D eigenvalue weighted by molar-refractivity contribution is 5.77. The van der Waals surface area contributed by atoms with Crippen molar-refractivity contribution in [2.75, 3.05) is 21.3 Å². The average Bonchev–Trinajstić information content (AvgIpc) is 2.97. The van der Waals surface area contributed by atoms with Crippen LogP contribution in [0.4, 0.5) is 0 Å². The summed E-state index contributed by atoms with van der Waals surface area (Å²) in [6, 6.07) is 9.26. The summed E-state index contributed by atoms with van der Waals surface area (Å²) in [7, 11) is 4.81. The highest BCUT2D eigenvalue weighted by Crippen LogP contribution is 2.29. The van der Waals surface area contributed by atoms with Gasteiger partial charge in [0.2, 0.25) is 5.88 Å². The van der Waals surface area contributed by atoms with Crippen molar-refractivity contribution in [3.63, 3.8) is 0 Å². The molecule has 1 N–H and O–H groups in total. The summed E-state index contributed by atoms with van der Waals surface area (Å²) in [5, 5.41) is 0. The second-order valence-corrected chi connectivity index (χ2v) is 4.41. The highest BCUT2D eigenvalue weighted by atomic mass is 16.5. The molecule has 0 bridgehead atoms. The van der Waals surface area contributed by atoms with Gasteiger partial charge in [-0.2, -0.15) is 4.98 Å². The van der Waals surface area contributed by atoms with E-state index in [-0.39, 0.29) is 0 Å². The second kappa shape index (κ2) is 5.32. The van der Waals surface area contributed by atoms with Crippen molar-refractivity contribution in [3.8, 4) is 28.8 Å². The number of hydrogen-bond acceptors (Lipinski definition) is 5. The molecular formula is C15H15N3O3. The molecule has 21 heavy (non-hydrogen) atoms. The van der Waals surface area contributed by atoms with Gasteiger partial charge in [0.15, 0.2) is 5.65 Å². The zero-order chi connectivity index (χ0) is 14.8. The SMILES string of the molecule is COc1cc(OC)cc(-c2nc3nc(OC)ccc3[nH]2)c1. The van der Waals surface area contributed by atoms with Gasteiger partial charge in [0.1, 0.15) is 17.3 Å². The van der Waals surface area contributed by atoms with E-state index in [0.717, 1.165) is 11.1 Å². The lowest BCUT2D eigenvalue weighted by Crippen LogP contribution is -1.89. The summed E-state index contributed by atoms with van der Waals surface area (Å²) in [6.45, 7) is 0. The van der Waals surface area contributed by atoms with E-state index in [1.54, 1.807) is 27.4 Å². The van der Waals surface area contributed by atoms with Crippen LogP contribution in [0, 0.1) is 0 Å². The van der Waals surface area contributed by atoms with E-state index in [1.807, 2.05) is 24.3 Å². The number of hydrogen-bond donors (Lipinski definition) is 1. The number of pyridine rings is 1. The van der Waals surface area contributed by atoms with E-state index in [4.69, 9.17) is 14.2 Å². The van der Waals surface area contributed by atoms with E-state index < -0.39 is 0 Å². The minimum absolute atomic E-state index is 0.531. The number of nitrogens with one attached hydrogen (secondary N) is 1. The Morgan fingerprint density at radius 2 is 1.57 bits per heavy atom. The second-order valence-electron chi connectivity index (χ2n) is 4.41. The molecule has 6 nitrogen and oxygen atoms in total. The fourth-order valence-electron chi connectivity index (χ4n) is 2.07. The molecule has 2 aromatic heterocycles. The zero-order valence-corrected chi connectivity index (χ0v) is 12.0. The summed E-state index contributed by atoms with van der Waals surface area (Å²) in [6.07, 6.45) is 0. The lowest BCUT2D eigenvalue weighted by molar-refractivity contribution is 0.394. The monoisotopic (exact) mass is 285 g/mol. The molecule has 0 unspecified atom stereocenters. The summed E-state index contributed by atoms with van der Waals surface area (Å²) >= 11 is 0. The normalized spacial score (nSPS) is 10.6. The molecule has 0 saturated heterocycles. The van der Waals surface area contributed by atoms with E-state index >= 15 is 0 Å². The fraction of sp³-hybridized carbons (Fsp3) is 0.200. The molecule has 0 radical (unpaired) electrons. The first-order chi connectivity index (χ1) is 10.2. The Kier molecular flexibility index (Phi) is 3.35. The van der Waals surface area contributed by atoms with Crippen molar-refractivity contribution < 1.29 is 14.2 Å². The van der Waals surface area contributed by atoms with Crippen molar-refractivity contribution in [3.05, 3.63) is 30.3 Å². The highest BCUT2D eigenvalue weighted by Gasteiger charge is 2.10. The number of ether oxygens (including phenoxy) is 3. The molecule has 0 spiro atoms. The van der Waals surface area contributed by atoms with E-state index in [2.05, 4.69) is 15.0 Å². The van der Waals surface area contributed by atoms with Crippen molar-refractivity contribution in [1.82, 2.24) is 15.0 Å². The van der Waals surface area contributed by atoms with Crippen LogP contribution in [0.5, 0.6) is 17.4 Å². The number of fused-ring (bicyclic) bond motifs is 1. The van der Waals surface area contributed by atoms with Crippen LogP contribution in [0.1, 0.15) is 0 Å². The average molecular weight is 285 g/mol. The minimum atomic E-state index is 0.531. The van der Waals surface area contributed by atoms with Gasteiger partial charge in [-0.1, -0.05) is 0 Å². The number of imidazole rings is 1. The van der Waals surface area contributed by atoms with E-state index in [1.165, 1.54) is 0 Å². The summed E-state index contributed by atoms with van der Waals surface area (Å²) in [4.78, 5) is 12.0. The molecule has 2 heterocycles. The van der Waals surface area contributed by atoms with Crippen LogP contribution >= 0.6 is 0 Å². The molecule has 108 valence electrons. The molecule has 0 aliphatic carbocycles. The van der Waals surface area contributed by atoms with Crippen molar-refractivity contribution in [2.24, 2.45) is 0 Å². The van der Waals surface area contributed by atoms with Gasteiger partial charge >= 0.3 is 0 Å². The van der Waals surface area contributed by atoms with Crippen molar-refractivity contribution >= 4 is 11.2 Å². The summed E-state index contributed by atoms with van der Waals surface area (Å²) in [5.74, 6) is 2.64. The number of methoxy groups -OCH3 is 3. The number of aromatic amines is 1. The molecule has 1 aromatic carbocycles. The Labute approximate surface area is 121 Å². The van der Waals surface area contributed by atoms with Crippen LogP contribution in [0.25, 0.3) is 22.6 Å². The Bertz CT molecular complexity index is 761. The van der Waals surface area contributed by atoms with E-state index in [9.17, 15) is 0 Å². The smallest absolute Gasteiger partial charge is 0.215 e. The van der Waals surface area contributed by atoms with Crippen molar-refractivity contribution in [1.29, 1.82) is 0 Å². The van der Waals surface area contributed by atoms with Crippen molar-refractivity contribution in [2.45, 2.75) is 0 Å². The molecule has 0 fully saturated rings. The molecule has 0 saturated carbocycles. The molecule has 3 aromatic rings. The first-order valence-electron chi connectivity index (χ1n) is 6.37. The van der Waals surface area contributed by atoms with Crippen LogP contribution in [0.2, 0.25) is 0 Å². The molecule has 0 aliphatic rings. The molecule has 6 heteroatoms. The van der Waals surface area contributed by atoms with Gasteiger partial charge in [0, 0.05) is 17.7 Å². The zero-order valence-electron chi connectivity index (χ0n) is 12.0.